The highest BCUT2D eigenvalue weighted by atomic mass is 32.2. The van der Waals surface area contributed by atoms with Crippen LogP contribution in [0.25, 0.3) is 0 Å². The first-order valence-corrected chi connectivity index (χ1v) is 11.6. The Morgan fingerprint density at radius 3 is 2.70 bits per heavy atom. The van der Waals surface area contributed by atoms with Gasteiger partial charge in [-0.3, -0.25) is 4.79 Å². The van der Waals surface area contributed by atoms with Crippen molar-refractivity contribution in [3.8, 4) is 5.75 Å². The van der Waals surface area contributed by atoms with Gasteiger partial charge < -0.3 is 9.30 Å². The number of hydrogen-bond acceptors (Lipinski definition) is 4. The van der Waals surface area contributed by atoms with Gasteiger partial charge in [0.25, 0.3) is 0 Å². The molecule has 2 aromatic carbocycles. The monoisotopic (exact) mass is 420 g/mol. The van der Waals surface area contributed by atoms with Crippen molar-refractivity contribution in [2.75, 3.05) is 0 Å². The largest absolute Gasteiger partial charge is 0.484 e. The van der Waals surface area contributed by atoms with E-state index in [9.17, 15) is 4.79 Å². The van der Waals surface area contributed by atoms with Gasteiger partial charge in [0.2, 0.25) is 0 Å². The molecule has 0 unspecified atom stereocenters. The van der Waals surface area contributed by atoms with Crippen molar-refractivity contribution in [3.63, 3.8) is 0 Å². The van der Waals surface area contributed by atoms with Crippen LogP contribution in [0.1, 0.15) is 59.8 Å². The highest BCUT2D eigenvalue weighted by Crippen LogP contribution is 2.37. The van der Waals surface area contributed by atoms with Crippen LogP contribution in [0.2, 0.25) is 0 Å². The third-order valence-corrected chi connectivity index (χ3v) is 6.58. The van der Waals surface area contributed by atoms with Crippen molar-refractivity contribution >= 4 is 17.5 Å². The van der Waals surface area contributed by atoms with E-state index in [0.29, 0.717) is 18.2 Å². The van der Waals surface area contributed by atoms with Gasteiger partial charge in [0.05, 0.1) is 12.9 Å². The summed E-state index contributed by atoms with van der Waals surface area (Å²) in [4.78, 5) is 16.7. The van der Waals surface area contributed by atoms with E-state index in [1.807, 2.05) is 59.2 Å². The maximum Gasteiger partial charge on any atom is 0.163 e. The van der Waals surface area contributed by atoms with Crippen LogP contribution in [0.5, 0.6) is 5.75 Å². The molecule has 0 saturated carbocycles. The van der Waals surface area contributed by atoms with E-state index in [1.165, 1.54) is 11.1 Å². The highest BCUT2D eigenvalue weighted by Gasteiger charge is 2.24. The van der Waals surface area contributed by atoms with Crippen molar-refractivity contribution in [2.24, 2.45) is 0 Å². The van der Waals surface area contributed by atoms with Crippen LogP contribution < -0.4 is 4.74 Å². The van der Waals surface area contributed by atoms with E-state index in [4.69, 9.17) is 4.74 Å². The summed E-state index contributed by atoms with van der Waals surface area (Å²) in [5, 5.41) is 0.517. The normalized spacial score (nSPS) is 14.6. The lowest BCUT2D eigenvalue weighted by Gasteiger charge is -2.26. The van der Waals surface area contributed by atoms with Gasteiger partial charge >= 0.3 is 0 Å². The van der Waals surface area contributed by atoms with Crippen LogP contribution in [0.15, 0.2) is 61.2 Å². The lowest BCUT2D eigenvalue weighted by Crippen LogP contribution is -2.18. The first-order valence-electron chi connectivity index (χ1n) is 10.6. The number of carbonyl (C=O) groups is 1. The Kier molecular flexibility index (Phi) is 6.58. The second kappa shape index (κ2) is 9.52. The van der Waals surface area contributed by atoms with Crippen LogP contribution in [0, 0.1) is 0 Å². The second-order valence-electron chi connectivity index (χ2n) is 7.98. The number of fused-ring (bicyclic) bond motifs is 1. The van der Waals surface area contributed by atoms with Gasteiger partial charge in [-0.25, -0.2) is 4.98 Å². The van der Waals surface area contributed by atoms with E-state index in [0.717, 1.165) is 35.5 Å². The molecule has 0 spiro atoms. The van der Waals surface area contributed by atoms with Crippen molar-refractivity contribution in [1.29, 1.82) is 0 Å². The van der Waals surface area contributed by atoms with Gasteiger partial charge in [-0.05, 0) is 41.4 Å². The Labute approximate surface area is 182 Å². The van der Waals surface area contributed by atoms with Gasteiger partial charge in [0.15, 0.2) is 5.78 Å². The predicted octanol–water partition coefficient (Wildman–Crippen LogP) is 5.86. The summed E-state index contributed by atoms with van der Waals surface area (Å²) in [7, 11) is 0. The number of rotatable bonds is 8. The number of nitrogens with zero attached hydrogens (tertiary/aromatic N) is 2. The average Bonchev–Trinajstić information content (AvgIpc) is 3.26. The number of imidazole rings is 1. The molecule has 0 aliphatic heterocycles. The lowest BCUT2D eigenvalue weighted by atomic mass is 9.87. The molecular formula is C25H28N2O2S. The van der Waals surface area contributed by atoms with Gasteiger partial charge in [-0.15, -0.1) is 0 Å². The molecule has 30 heavy (non-hydrogen) atoms. The summed E-state index contributed by atoms with van der Waals surface area (Å²) >= 11 is 1.89. The van der Waals surface area contributed by atoms with Crippen molar-refractivity contribution in [2.45, 2.75) is 56.8 Å². The van der Waals surface area contributed by atoms with E-state index in [2.05, 4.69) is 31.0 Å². The number of ether oxygens (including phenoxy) is 1. The van der Waals surface area contributed by atoms with Crippen LogP contribution in [-0.4, -0.2) is 20.6 Å². The highest BCUT2D eigenvalue weighted by molar-refractivity contribution is 7.99. The minimum Gasteiger partial charge on any atom is -0.484 e. The standard InChI is InChI=1S/C25H28N2O2S/c1-18(2)30-16-22-20-9-6-10-23(28)21(20)11-12-24(22)29-25(15-27-14-13-26-17-27)19-7-4-3-5-8-19/h3-5,7-8,11-14,17-18,25H,6,9-10,15-16H2,1-2H3/t25-/m1/s1. The fraction of sp³-hybridized carbons (Fsp3) is 0.360. The Hall–Kier alpha value is -2.53. The summed E-state index contributed by atoms with van der Waals surface area (Å²) in [5.74, 6) is 2.01. The van der Waals surface area contributed by atoms with Gasteiger partial charge in [0, 0.05) is 35.7 Å². The summed E-state index contributed by atoms with van der Waals surface area (Å²) in [6.45, 7) is 5.09. The number of carbonyl (C=O) groups excluding carboxylic acids is 1. The van der Waals surface area contributed by atoms with Crippen LogP contribution in [0.4, 0.5) is 0 Å². The number of Topliss-reactive ketones (excluding diaryl/α,β-unsaturated/α-hetero) is 1. The van der Waals surface area contributed by atoms with E-state index < -0.39 is 0 Å². The van der Waals surface area contributed by atoms with Crippen LogP contribution >= 0.6 is 11.8 Å². The van der Waals surface area contributed by atoms with Gasteiger partial charge in [-0.1, -0.05) is 44.2 Å². The molecule has 4 nitrogen and oxygen atoms in total. The number of aromatic nitrogens is 2. The fourth-order valence-electron chi connectivity index (χ4n) is 3.92. The number of thioether (sulfide) groups is 1. The quantitative estimate of drug-likeness (QED) is 0.457. The van der Waals surface area contributed by atoms with Gasteiger partial charge in [0.1, 0.15) is 11.9 Å². The molecule has 4 rings (SSSR count). The summed E-state index contributed by atoms with van der Waals surface area (Å²) in [6.07, 6.45) is 7.95. The first kappa shape index (κ1) is 20.7. The topological polar surface area (TPSA) is 44.1 Å². The summed E-state index contributed by atoms with van der Waals surface area (Å²) in [6, 6.07) is 14.3. The first-order chi connectivity index (χ1) is 14.6. The molecule has 1 aromatic heterocycles. The molecule has 0 amide bonds. The SMILES string of the molecule is CC(C)SCc1c(O[C@H](Cn2ccnc2)c2ccccc2)ccc2c1CCCC2=O. The van der Waals surface area contributed by atoms with Crippen molar-refractivity contribution < 1.29 is 9.53 Å². The van der Waals surface area contributed by atoms with E-state index in [1.54, 1.807) is 6.20 Å². The Morgan fingerprint density at radius 2 is 1.97 bits per heavy atom. The molecule has 0 saturated heterocycles. The molecule has 0 radical (unpaired) electrons. The molecule has 1 aliphatic carbocycles. The van der Waals surface area contributed by atoms with E-state index >= 15 is 0 Å². The lowest BCUT2D eigenvalue weighted by molar-refractivity contribution is 0.0972. The molecule has 156 valence electrons. The third kappa shape index (κ3) is 4.78. The zero-order chi connectivity index (χ0) is 20.9. The minimum atomic E-state index is -0.138. The summed E-state index contributed by atoms with van der Waals surface area (Å²) in [5.41, 5.74) is 4.39. The maximum atomic E-state index is 12.5. The molecule has 3 aromatic rings. The second-order valence-corrected chi connectivity index (χ2v) is 9.55. The molecule has 1 heterocycles. The van der Waals surface area contributed by atoms with E-state index in [-0.39, 0.29) is 11.9 Å². The minimum absolute atomic E-state index is 0.138. The molecule has 0 N–H and O–H groups in total. The average molecular weight is 421 g/mol. The third-order valence-electron chi connectivity index (χ3n) is 5.46. The molecule has 5 heteroatoms. The van der Waals surface area contributed by atoms with Gasteiger partial charge in [-0.2, -0.15) is 11.8 Å². The van der Waals surface area contributed by atoms with Crippen LogP contribution in [0.3, 0.4) is 0 Å². The predicted molar refractivity (Wildman–Crippen MR) is 122 cm³/mol. The number of ketones is 1. The Balaban J connectivity index is 1.70. The molecule has 1 atom stereocenters. The van der Waals surface area contributed by atoms with Crippen molar-refractivity contribution in [3.05, 3.63) is 83.4 Å². The number of hydrogen-bond donors (Lipinski definition) is 0. The molecular weight excluding hydrogens is 392 g/mol. The van der Waals surface area contributed by atoms with Crippen LogP contribution in [-0.2, 0) is 18.7 Å². The summed E-state index contributed by atoms with van der Waals surface area (Å²) < 4.78 is 8.71. The Bertz CT molecular complexity index is 984. The van der Waals surface area contributed by atoms with Crippen molar-refractivity contribution in [1.82, 2.24) is 9.55 Å². The zero-order valence-corrected chi connectivity index (χ0v) is 18.4. The molecule has 0 bridgehead atoms. The fourth-order valence-corrected chi connectivity index (χ4v) is 4.73. The maximum absolute atomic E-state index is 12.5. The Morgan fingerprint density at radius 1 is 1.13 bits per heavy atom. The smallest absolute Gasteiger partial charge is 0.163 e. The molecule has 1 aliphatic rings. The zero-order valence-electron chi connectivity index (χ0n) is 17.6. The number of benzene rings is 2. The molecule has 0 fully saturated rings.